The lowest BCUT2D eigenvalue weighted by Crippen LogP contribution is -2.51. The van der Waals surface area contributed by atoms with Crippen molar-refractivity contribution in [3.63, 3.8) is 0 Å². The highest BCUT2D eigenvalue weighted by molar-refractivity contribution is 7.07. The Morgan fingerprint density at radius 1 is 1.39 bits per heavy atom. The molecule has 1 aromatic rings. The molecule has 7 heteroatoms. The Balaban J connectivity index is 2.20. The van der Waals surface area contributed by atoms with E-state index in [1.165, 1.54) is 5.56 Å². The predicted octanol–water partition coefficient (Wildman–Crippen LogP) is 2.09. The standard InChI is InChI=1S/C16H23N3O3S/c1-4-12-14(15(20)22-5-2)13(18-16(21)17-12)9-19(3)8-11-6-7-23-10-11/h6-7,10,12H,4-5,8-9H2,1-3H3,(H2,17,18,21). The maximum Gasteiger partial charge on any atom is 0.337 e. The normalized spacial score (nSPS) is 17.9. The smallest absolute Gasteiger partial charge is 0.337 e. The Bertz CT molecular complexity index is 583. The number of amides is 2. The number of carbonyl (C=O) groups is 2. The monoisotopic (exact) mass is 337 g/mol. The van der Waals surface area contributed by atoms with Crippen molar-refractivity contribution in [2.45, 2.75) is 32.9 Å². The van der Waals surface area contributed by atoms with Gasteiger partial charge in [-0.1, -0.05) is 6.92 Å². The molecule has 0 aliphatic carbocycles. The van der Waals surface area contributed by atoms with Gasteiger partial charge in [0.15, 0.2) is 0 Å². The number of nitrogens with zero attached hydrogens (tertiary/aromatic N) is 1. The van der Waals surface area contributed by atoms with Gasteiger partial charge in [-0.25, -0.2) is 9.59 Å². The van der Waals surface area contributed by atoms with E-state index in [-0.39, 0.29) is 18.0 Å². The Kier molecular flexibility index (Phi) is 6.18. The van der Waals surface area contributed by atoms with E-state index in [2.05, 4.69) is 27.0 Å². The zero-order valence-corrected chi connectivity index (χ0v) is 14.5. The predicted molar refractivity (Wildman–Crippen MR) is 90.1 cm³/mol. The maximum absolute atomic E-state index is 12.3. The van der Waals surface area contributed by atoms with E-state index in [4.69, 9.17) is 4.74 Å². The van der Waals surface area contributed by atoms with Crippen LogP contribution >= 0.6 is 11.3 Å². The number of nitrogens with one attached hydrogen (secondary N) is 2. The summed E-state index contributed by atoms with van der Waals surface area (Å²) in [6, 6.07) is 1.48. The molecule has 0 bridgehead atoms. The summed E-state index contributed by atoms with van der Waals surface area (Å²) in [7, 11) is 1.96. The van der Waals surface area contributed by atoms with Gasteiger partial charge < -0.3 is 15.4 Å². The van der Waals surface area contributed by atoms with Gasteiger partial charge in [0.05, 0.1) is 18.2 Å². The highest BCUT2D eigenvalue weighted by Crippen LogP contribution is 2.18. The summed E-state index contributed by atoms with van der Waals surface area (Å²) in [4.78, 5) is 26.2. The summed E-state index contributed by atoms with van der Waals surface area (Å²) in [6.07, 6.45) is 0.638. The van der Waals surface area contributed by atoms with E-state index >= 15 is 0 Å². The van der Waals surface area contributed by atoms with Crippen LogP contribution in [-0.2, 0) is 16.1 Å². The molecular weight excluding hydrogens is 314 g/mol. The third-order valence-electron chi connectivity index (χ3n) is 3.61. The zero-order chi connectivity index (χ0) is 16.8. The van der Waals surface area contributed by atoms with Crippen LogP contribution < -0.4 is 10.6 Å². The van der Waals surface area contributed by atoms with Crippen molar-refractivity contribution >= 4 is 23.3 Å². The van der Waals surface area contributed by atoms with Crippen LogP contribution in [-0.4, -0.2) is 43.1 Å². The van der Waals surface area contributed by atoms with Gasteiger partial charge in [-0.3, -0.25) is 4.90 Å². The quantitative estimate of drug-likeness (QED) is 0.748. The van der Waals surface area contributed by atoms with Crippen molar-refractivity contribution in [2.24, 2.45) is 0 Å². The molecule has 2 amide bonds. The molecule has 0 saturated heterocycles. The molecule has 2 rings (SSSR count). The van der Waals surface area contributed by atoms with Gasteiger partial charge in [0, 0.05) is 18.8 Å². The van der Waals surface area contributed by atoms with Gasteiger partial charge in [0.1, 0.15) is 0 Å². The highest BCUT2D eigenvalue weighted by atomic mass is 32.1. The molecular formula is C16H23N3O3S. The lowest BCUT2D eigenvalue weighted by Gasteiger charge is -2.30. The lowest BCUT2D eigenvalue weighted by atomic mass is 10.00. The minimum atomic E-state index is -0.370. The van der Waals surface area contributed by atoms with Crippen LogP contribution in [0.3, 0.4) is 0 Å². The largest absolute Gasteiger partial charge is 0.463 e. The number of esters is 1. The fourth-order valence-electron chi connectivity index (χ4n) is 2.61. The number of likely N-dealkylation sites (N-methyl/N-ethyl adjacent to an activating group) is 1. The summed E-state index contributed by atoms with van der Waals surface area (Å²) in [5.74, 6) is -0.370. The molecule has 126 valence electrons. The van der Waals surface area contributed by atoms with Gasteiger partial charge >= 0.3 is 12.0 Å². The molecule has 1 atom stereocenters. The minimum Gasteiger partial charge on any atom is -0.463 e. The molecule has 1 aliphatic rings. The first-order valence-electron chi connectivity index (χ1n) is 7.72. The fourth-order valence-corrected chi connectivity index (χ4v) is 3.27. The molecule has 6 nitrogen and oxygen atoms in total. The van der Waals surface area contributed by atoms with E-state index < -0.39 is 0 Å². The number of rotatable bonds is 7. The van der Waals surface area contributed by atoms with E-state index in [1.807, 2.05) is 19.4 Å². The Hall–Kier alpha value is -1.86. The van der Waals surface area contributed by atoms with Crippen molar-refractivity contribution < 1.29 is 14.3 Å². The summed E-state index contributed by atoms with van der Waals surface area (Å²) in [6.45, 7) is 5.25. The maximum atomic E-state index is 12.3. The van der Waals surface area contributed by atoms with Crippen molar-refractivity contribution in [3.05, 3.63) is 33.7 Å². The summed E-state index contributed by atoms with van der Waals surface area (Å²) < 4.78 is 5.16. The number of hydrogen-bond donors (Lipinski definition) is 2. The Morgan fingerprint density at radius 3 is 2.78 bits per heavy atom. The minimum absolute atomic E-state index is 0.274. The SMILES string of the molecule is CCOC(=O)C1=C(CN(C)Cc2ccsc2)NC(=O)NC1CC. The van der Waals surface area contributed by atoms with Gasteiger partial charge in [-0.15, -0.1) is 0 Å². The zero-order valence-electron chi connectivity index (χ0n) is 13.7. The average molecular weight is 337 g/mol. The number of ether oxygens (including phenoxy) is 1. The molecule has 0 radical (unpaired) electrons. The van der Waals surface area contributed by atoms with Crippen LogP contribution in [0.2, 0.25) is 0 Å². The highest BCUT2D eigenvalue weighted by Gasteiger charge is 2.31. The second kappa shape index (κ2) is 8.12. The van der Waals surface area contributed by atoms with Crippen LogP contribution in [0.1, 0.15) is 25.8 Å². The van der Waals surface area contributed by atoms with E-state index in [1.54, 1.807) is 18.3 Å². The average Bonchev–Trinajstić information content (AvgIpc) is 2.99. The first-order valence-corrected chi connectivity index (χ1v) is 8.66. The van der Waals surface area contributed by atoms with Crippen LogP contribution in [0.15, 0.2) is 28.1 Å². The first-order chi connectivity index (χ1) is 11.0. The van der Waals surface area contributed by atoms with Gasteiger partial charge in [-0.2, -0.15) is 11.3 Å². The number of urea groups is 1. The number of thiophene rings is 1. The van der Waals surface area contributed by atoms with Gasteiger partial charge in [0.2, 0.25) is 0 Å². The third kappa shape index (κ3) is 4.56. The molecule has 2 N–H and O–H groups in total. The molecule has 1 aliphatic heterocycles. The molecule has 0 fully saturated rings. The molecule has 2 heterocycles. The topological polar surface area (TPSA) is 70.7 Å². The van der Waals surface area contributed by atoms with Crippen LogP contribution in [0, 0.1) is 0 Å². The van der Waals surface area contributed by atoms with Gasteiger partial charge in [0.25, 0.3) is 0 Å². The Morgan fingerprint density at radius 2 is 2.17 bits per heavy atom. The summed E-state index contributed by atoms with van der Waals surface area (Å²) in [5, 5.41) is 9.67. The van der Waals surface area contributed by atoms with Crippen LogP contribution in [0.5, 0.6) is 0 Å². The van der Waals surface area contributed by atoms with Crippen molar-refractivity contribution in [2.75, 3.05) is 20.2 Å². The number of hydrogen-bond acceptors (Lipinski definition) is 5. The molecule has 0 aromatic carbocycles. The van der Waals surface area contributed by atoms with Crippen LogP contribution in [0.25, 0.3) is 0 Å². The first kappa shape index (κ1) is 17.5. The fraction of sp³-hybridized carbons (Fsp3) is 0.500. The molecule has 1 unspecified atom stereocenters. The second-order valence-electron chi connectivity index (χ2n) is 5.48. The van der Waals surface area contributed by atoms with E-state index in [0.29, 0.717) is 30.8 Å². The van der Waals surface area contributed by atoms with Crippen molar-refractivity contribution in [3.8, 4) is 0 Å². The van der Waals surface area contributed by atoms with Crippen molar-refractivity contribution in [1.29, 1.82) is 0 Å². The Labute approximate surface area is 140 Å². The molecule has 0 saturated carbocycles. The lowest BCUT2D eigenvalue weighted by molar-refractivity contribution is -0.139. The van der Waals surface area contributed by atoms with Crippen LogP contribution in [0.4, 0.5) is 4.79 Å². The molecule has 1 aromatic heterocycles. The second-order valence-corrected chi connectivity index (χ2v) is 6.26. The molecule has 23 heavy (non-hydrogen) atoms. The van der Waals surface area contributed by atoms with E-state index in [9.17, 15) is 9.59 Å². The third-order valence-corrected chi connectivity index (χ3v) is 4.34. The summed E-state index contributed by atoms with van der Waals surface area (Å²) >= 11 is 1.65. The van der Waals surface area contributed by atoms with Crippen molar-refractivity contribution in [1.82, 2.24) is 15.5 Å². The van der Waals surface area contributed by atoms with Gasteiger partial charge in [-0.05, 0) is 42.8 Å². The number of carbonyl (C=O) groups excluding carboxylic acids is 2. The summed E-state index contributed by atoms with van der Waals surface area (Å²) in [5.41, 5.74) is 2.35. The molecule has 0 spiro atoms. The van der Waals surface area contributed by atoms with E-state index in [0.717, 1.165) is 6.54 Å².